The number of carbonyl (C=O) groups excluding carboxylic acids is 1. The van der Waals surface area contributed by atoms with Crippen LogP contribution in [0.25, 0.3) is 5.69 Å². The van der Waals surface area contributed by atoms with E-state index in [-0.39, 0.29) is 11.9 Å². The molecule has 9 nitrogen and oxygen atoms in total. The number of likely N-dealkylation sites (N-methyl/N-ethyl adjacent to an activating group) is 1. The van der Waals surface area contributed by atoms with Crippen LogP contribution in [0.3, 0.4) is 0 Å². The van der Waals surface area contributed by atoms with Crippen LogP contribution >= 0.6 is 0 Å². The molecule has 0 saturated carbocycles. The number of anilines is 1. The summed E-state index contributed by atoms with van der Waals surface area (Å²) in [5.74, 6) is -0.107. The van der Waals surface area contributed by atoms with Crippen molar-refractivity contribution < 1.29 is 4.79 Å². The summed E-state index contributed by atoms with van der Waals surface area (Å²) < 4.78 is 1.67. The number of aryl methyl sites for hydroxylation is 2. The van der Waals surface area contributed by atoms with E-state index in [2.05, 4.69) is 25.2 Å². The molecule has 4 rings (SSSR count). The monoisotopic (exact) mass is 366 g/mol. The van der Waals surface area contributed by atoms with E-state index in [4.69, 9.17) is 0 Å². The van der Waals surface area contributed by atoms with Crippen molar-refractivity contribution in [2.75, 3.05) is 25.0 Å². The third-order valence-electron chi connectivity index (χ3n) is 4.97. The van der Waals surface area contributed by atoms with E-state index in [9.17, 15) is 4.79 Å². The molecule has 0 aromatic carbocycles. The van der Waals surface area contributed by atoms with Crippen LogP contribution in [0.15, 0.2) is 36.9 Å². The highest BCUT2D eigenvalue weighted by atomic mass is 16.2. The van der Waals surface area contributed by atoms with Crippen molar-refractivity contribution in [3.05, 3.63) is 48.3 Å². The number of hydrogen-bond acceptors (Lipinski definition) is 6. The number of carbonyl (C=O) groups is 1. The summed E-state index contributed by atoms with van der Waals surface area (Å²) in [6.07, 6.45) is 7.97. The predicted molar refractivity (Wildman–Crippen MR) is 99.8 cm³/mol. The highest BCUT2D eigenvalue weighted by Gasteiger charge is 2.31. The first-order valence-electron chi connectivity index (χ1n) is 8.88. The summed E-state index contributed by atoms with van der Waals surface area (Å²) in [6, 6.07) is 4.12. The number of aromatic nitrogens is 6. The summed E-state index contributed by atoms with van der Waals surface area (Å²) in [4.78, 5) is 22.6. The Bertz CT molecular complexity index is 947. The Morgan fingerprint density at radius 2 is 2.00 bits per heavy atom. The second-order valence-electron chi connectivity index (χ2n) is 6.81. The average molecular weight is 366 g/mol. The fourth-order valence-corrected chi connectivity index (χ4v) is 3.38. The molecular weight excluding hydrogens is 344 g/mol. The van der Waals surface area contributed by atoms with Gasteiger partial charge in [-0.15, -0.1) is 9.90 Å². The van der Waals surface area contributed by atoms with Crippen LogP contribution in [-0.2, 0) is 7.05 Å². The van der Waals surface area contributed by atoms with Crippen LogP contribution in [0.4, 0.5) is 5.69 Å². The lowest BCUT2D eigenvalue weighted by Gasteiger charge is -2.25. The Morgan fingerprint density at radius 1 is 1.22 bits per heavy atom. The number of nitrogens with zero attached hydrogens (tertiary/aromatic N) is 8. The molecule has 9 heteroatoms. The maximum atomic E-state index is 13.0. The standard InChI is InChI=1S/C18H22N8O/c1-13-17(22-26(21-13)16-10-20-23(2)11-16)18(27)24(3)15-6-9-25(12-15)14-4-7-19-8-5-14/h4-5,7-8,10-11,15H,6,9,12H2,1-3H3. The second kappa shape index (κ2) is 6.82. The van der Waals surface area contributed by atoms with Gasteiger partial charge in [0.05, 0.1) is 24.1 Å². The van der Waals surface area contributed by atoms with E-state index in [1.807, 2.05) is 26.2 Å². The SMILES string of the molecule is Cc1nn(-c2cnn(C)c2)nc1C(=O)N(C)C1CCN(c2ccncc2)C1. The molecule has 3 aromatic heterocycles. The zero-order valence-corrected chi connectivity index (χ0v) is 15.6. The van der Waals surface area contributed by atoms with Crippen molar-refractivity contribution in [1.82, 2.24) is 34.7 Å². The summed E-state index contributed by atoms with van der Waals surface area (Å²) in [5.41, 5.74) is 2.85. The summed E-state index contributed by atoms with van der Waals surface area (Å²) >= 11 is 0. The molecule has 1 aliphatic rings. The largest absolute Gasteiger partial charge is 0.369 e. The maximum absolute atomic E-state index is 13.0. The van der Waals surface area contributed by atoms with Crippen LogP contribution in [0.2, 0.25) is 0 Å². The minimum absolute atomic E-state index is 0.107. The first-order chi connectivity index (χ1) is 13.0. The Morgan fingerprint density at radius 3 is 2.70 bits per heavy atom. The molecule has 0 spiro atoms. The lowest BCUT2D eigenvalue weighted by Crippen LogP contribution is -2.39. The Hall–Kier alpha value is -3.23. The Balaban J connectivity index is 1.49. The molecule has 1 unspecified atom stereocenters. The quantitative estimate of drug-likeness (QED) is 0.686. The molecule has 0 radical (unpaired) electrons. The fraction of sp³-hybridized carbons (Fsp3) is 0.389. The summed E-state index contributed by atoms with van der Waals surface area (Å²) in [5, 5.41) is 12.9. The van der Waals surface area contributed by atoms with E-state index in [1.54, 1.807) is 41.3 Å². The molecule has 1 fully saturated rings. The van der Waals surface area contributed by atoms with Crippen molar-refractivity contribution >= 4 is 11.6 Å². The van der Waals surface area contributed by atoms with E-state index in [0.29, 0.717) is 11.4 Å². The molecule has 1 aliphatic heterocycles. The smallest absolute Gasteiger partial charge is 0.276 e. The molecule has 1 amide bonds. The van der Waals surface area contributed by atoms with E-state index in [1.165, 1.54) is 4.80 Å². The van der Waals surface area contributed by atoms with Gasteiger partial charge < -0.3 is 9.80 Å². The third-order valence-corrected chi connectivity index (χ3v) is 4.97. The Labute approximate surface area is 157 Å². The zero-order chi connectivity index (χ0) is 19.0. The van der Waals surface area contributed by atoms with E-state index < -0.39 is 0 Å². The Kier molecular flexibility index (Phi) is 4.35. The van der Waals surface area contributed by atoms with Gasteiger partial charge in [0.2, 0.25) is 0 Å². The molecule has 0 bridgehead atoms. The molecule has 0 aliphatic carbocycles. The molecule has 1 atom stereocenters. The molecular formula is C18H22N8O. The summed E-state index contributed by atoms with van der Waals surface area (Å²) in [6.45, 7) is 3.51. The van der Waals surface area contributed by atoms with Gasteiger partial charge in [-0.1, -0.05) is 0 Å². The molecule has 140 valence electrons. The van der Waals surface area contributed by atoms with Gasteiger partial charge in [-0.2, -0.15) is 10.2 Å². The van der Waals surface area contributed by atoms with Gasteiger partial charge in [-0.3, -0.25) is 14.5 Å². The van der Waals surface area contributed by atoms with Crippen LogP contribution in [-0.4, -0.2) is 66.7 Å². The van der Waals surface area contributed by atoms with Crippen molar-refractivity contribution in [1.29, 1.82) is 0 Å². The van der Waals surface area contributed by atoms with Gasteiger partial charge in [0.25, 0.3) is 5.91 Å². The normalized spacial score (nSPS) is 16.7. The van der Waals surface area contributed by atoms with Gasteiger partial charge in [-0.05, 0) is 25.5 Å². The number of amides is 1. The number of hydrogen-bond donors (Lipinski definition) is 0. The van der Waals surface area contributed by atoms with E-state index >= 15 is 0 Å². The number of rotatable bonds is 4. The molecule has 3 aromatic rings. The molecule has 1 saturated heterocycles. The minimum Gasteiger partial charge on any atom is -0.369 e. The van der Waals surface area contributed by atoms with Crippen LogP contribution in [0, 0.1) is 6.92 Å². The average Bonchev–Trinajstić information content (AvgIpc) is 3.41. The topological polar surface area (TPSA) is 85.0 Å². The summed E-state index contributed by atoms with van der Waals surface area (Å²) in [7, 11) is 3.67. The van der Waals surface area contributed by atoms with Crippen LogP contribution in [0.5, 0.6) is 0 Å². The number of pyridine rings is 1. The predicted octanol–water partition coefficient (Wildman–Crippen LogP) is 1.06. The van der Waals surface area contributed by atoms with Crippen LogP contribution in [0.1, 0.15) is 22.6 Å². The molecule has 27 heavy (non-hydrogen) atoms. The van der Waals surface area contributed by atoms with Gasteiger partial charge in [0, 0.05) is 45.3 Å². The maximum Gasteiger partial charge on any atom is 0.276 e. The first-order valence-corrected chi connectivity index (χ1v) is 8.88. The van der Waals surface area contributed by atoms with Crippen molar-refractivity contribution in [3.63, 3.8) is 0 Å². The van der Waals surface area contributed by atoms with Gasteiger partial charge in [0.1, 0.15) is 5.69 Å². The van der Waals surface area contributed by atoms with Gasteiger partial charge in [-0.25, -0.2) is 0 Å². The zero-order valence-electron chi connectivity index (χ0n) is 15.6. The fourth-order valence-electron chi connectivity index (χ4n) is 3.38. The first kappa shape index (κ1) is 17.2. The van der Waals surface area contributed by atoms with Gasteiger partial charge >= 0.3 is 0 Å². The molecule has 4 heterocycles. The van der Waals surface area contributed by atoms with Crippen molar-refractivity contribution in [2.24, 2.45) is 7.05 Å². The van der Waals surface area contributed by atoms with Crippen molar-refractivity contribution in [2.45, 2.75) is 19.4 Å². The highest BCUT2D eigenvalue weighted by Crippen LogP contribution is 2.23. The molecule has 0 N–H and O–H groups in total. The van der Waals surface area contributed by atoms with E-state index in [0.717, 1.165) is 30.9 Å². The lowest BCUT2D eigenvalue weighted by atomic mass is 10.2. The van der Waals surface area contributed by atoms with Gasteiger partial charge in [0.15, 0.2) is 5.69 Å². The second-order valence-corrected chi connectivity index (χ2v) is 6.81. The minimum atomic E-state index is -0.107. The van der Waals surface area contributed by atoms with Crippen molar-refractivity contribution in [3.8, 4) is 5.69 Å². The van der Waals surface area contributed by atoms with Crippen LogP contribution < -0.4 is 4.90 Å². The lowest BCUT2D eigenvalue weighted by molar-refractivity contribution is 0.0738. The third kappa shape index (κ3) is 3.27. The highest BCUT2D eigenvalue weighted by molar-refractivity contribution is 5.93.